The van der Waals surface area contributed by atoms with Crippen LogP contribution >= 0.6 is 11.8 Å². The van der Waals surface area contributed by atoms with E-state index in [1.165, 1.54) is 11.8 Å². The minimum Gasteiger partial charge on any atom is -0.326 e. The highest BCUT2D eigenvalue weighted by Crippen LogP contribution is 2.25. The lowest BCUT2D eigenvalue weighted by molar-refractivity contribution is -0.123. The molecule has 0 bridgehead atoms. The summed E-state index contributed by atoms with van der Waals surface area (Å²) in [4.78, 5) is 24.9. The van der Waals surface area contributed by atoms with Crippen LogP contribution < -0.4 is 5.32 Å². The van der Waals surface area contributed by atoms with Crippen LogP contribution in [0.25, 0.3) is 5.82 Å². The Bertz CT molecular complexity index is 1080. The fourth-order valence-electron chi connectivity index (χ4n) is 2.86. The Morgan fingerprint density at radius 1 is 1.03 bits per heavy atom. The highest BCUT2D eigenvalue weighted by atomic mass is 32.2. The second-order valence-corrected chi connectivity index (χ2v) is 9.84. The van der Waals surface area contributed by atoms with E-state index < -0.39 is 5.41 Å². The Morgan fingerprint density at radius 3 is 2.23 bits per heavy atom. The topological polar surface area (TPSA) is 89.8 Å². The Hall–Kier alpha value is -3.00. The summed E-state index contributed by atoms with van der Waals surface area (Å²) >= 11 is 1.36. The minimum absolute atomic E-state index is 0.0110. The molecule has 0 radical (unpaired) electrons. The van der Waals surface area contributed by atoms with Gasteiger partial charge in [-0.25, -0.2) is 4.68 Å². The number of hydrogen-bond donors (Lipinski definition) is 1. The van der Waals surface area contributed by atoms with Gasteiger partial charge in [0.2, 0.25) is 5.91 Å². The Labute approximate surface area is 186 Å². The van der Waals surface area contributed by atoms with Crippen LogP contribution in [0.1, 0.15) is 49.4 Å². The van der Waals surface area contributed by atoms with Gasteiger partial charge in [0.05, 0.1) is 10.9 Å². The van der Waals surface area contributed by atoms with Crippen molar-refractivity contribution < 1.29 is 9.59 Å². The molecule has 1 N–H and O–H groups in total. The van der Waals surface area contributed by atoms with Crippen LogP contribution in [0.3, 0.4) is 0 Å². The molecule has 1 atom stereocenters. The number of benzene rings is 1. The van der Waals surface area contributed by atoms with Gasteiger partial charge in [-0.2, -0.15) is 5.10 Å². The normalized spacial score (nSPS) is 12.5. The van der Waals surface area contributed by atoms with Gasteiger partial charge in [-0.3, -0.25) is 9.59 Å². The highest BCUT2D eigenvalue weighted by Gasteiger charge is 2.22. The smallest absolute Gasteiger partial charge is 0.229 e. The molecule has 3 aromatic rings. The monoisotopic (exact) mass is 437 g/mol. The molecule has 0 saturated heterocycles. The second kappa shape index (κ2) is 9.01. The number of aromatic nitrogens is 4. The van der Waals surface area contributed by atoms with Crippen molar-refractivity contribution in [3.8, 4) is 5.82 Å². The van der Waals surface area contributed by atoms with Crippen molar-refractivity contribution in [2.75, 3.05) is 5.32 Å². The number of amides is 1. The summed E-state index contributed by atoms with van der Waals surface area (Å²) in [5, 5.41) is 16.1. The van der Waals surface area contributed by atoms with Gasteiger partial charge in [0.25, 0.3) is 0 Å². The maximum atomic E-state index is 12.8. The number of carbonyl (C=O) groups excluding carboxylic acids is 2. The molecular formula is C23H27N5O2S. The summed E-state index contributed by atoms with van der Waals surface area (Å²) in [6.45, 7) is 11.3. The number of thioether (sulfide) groups is 1. The van der Waals surface area contributed by atoms with Crippen molar-refractivity contribution in [1.29, 1.82) is 0 Å². The Balaban J connectivity index is 1.64. The van der Waals surface area contributed by atoms with Gasteiger partial charge in [-0.1, -0.05) is 32.5 Å². The largest absolute Gasteiger partial charge is 0.326 e. The number of nitrogens with zero attached hydrogens (tertiary/aromatic N) is 4. The van der Waals surface area contributed by atoms with E-state index in [0.29, 0.717) is 22.1 Å². The molecule has 2 heterocycles. The lowest BCUT2D eigenvalue weighted by Gasteiger charge is -2.17. The lowest BCUT2D eigenvalue weighted by atomic mass is 9.95. The molecule has 2 aromatic heterocycles. The van der Waals surface area contributed by atoms with Gasteiger partial charge in [0, 0.05) is 22.4 Å². The lowest BCUT2D eigenvalue weighted by Crippen LogP contribution is -2.27. The van der Waals surface area contributed by atoms with Crippen LogP contribution in [-0.2, 0) is 4.79 Å². The van der Waals surface area contributed by atoms with Crippen molar-refractivity contribution in [2.45, 2.75) is 51.8 Å². The second-order valence-electron chi connectivity index (χ2n) is 8.47. The molecule has 3 rings (SSSR count). The molecule has 1 aromatic carbocycles. The average molecular weight is 438 g/mol. The molecular weight excluding hydrogens is 410 g/mol. The van der Waals surface area contributed by atoms with E-state index in [4.69, 9.17) is 0 Å². The number of nitrogens with one attached hydrogen (secondary N) is 1. The van der Waals surface area contributed by atoms with E-state index in [1.807, 2.05) is 59.7 Å². The summed E-state index contributed by atoms with van der Waals surface area (Å²) in [6.07, 6.45) is 0. The molecule has 31 heavy (non-hydrogen) atoms. The van der Waals surface area contributed by atoms with E-state index in [0.717, 1.165) is 11.4 Å². The van der Waals surface area contributed by atoms with Gasteiger partial charge in [0.1, 0.15) is 5.03 Å². The first-order chi connectivity index (χ1) is 14.5. The highest BCUT2D eigenvalue weighted by molar-refractivity contribution is 8.00. The fraction of sp³-hybridized carbons (Fsp3) is 0.348. The van der Waals surface area contributed by atoms with E-state index >= 15 is 0 Å². The van der Waals surface area contributed by atoms with Crippen LogP contribution in [0, 0.1) is 19.3 Å². The van der Waals surface area contributed by atoms with Crippen molar-refractivity contribution >= 4 is 29.1 Å². The maximum absolute atomic E-state index is 12.8. The van der Waals surface area contributed by atoms with E-state index in [2.05, 4.69) is 20.6 Å². The molecule has 0 aliphatic carbocycles. The number of carbonyl (C=O) groups is 2. The fourth-order valence-corrected chi connectivity index (χ4v) is 3.70. The average Bonchev–Trinajstić information content (AvgIpc) is 3.06. The molecule has 0 spiro atoms. The maximum Gasteiger partial charge on any atom is 0.229 e. The molecule has 1 unspecified atom stereocenters. The first-order valence-corrected chi connectivity index (χ1v) is 10.9. The molecule has 0 fully saturated rings. The predicted molar refractivity (Wildman–Crippen MR) is 123 cm³/mol. The molecule has 8 heteroatoms. The third kappa shape index (κ3) is 5.58. The SMILES string of the molecule is Cc1cc(C)n(-c2ccc(SC(C)C(=O)c3ccc(NC(=O)C(C)(C)C)cc3)nn2)n1. The van der Waals surface area contributed by atoms with Crippen molar-refractivity contribution in [1.82, 2.24) is 20.0 Å². The van der Waals surface area contributed by atoms with Crippen LogP contribution in [0.15, 0.2) is 47.5 Å². The standard InChI is InChI=1S/C23H27N5O2S/c1-14-13-15(2)28(27-14)19-11-12-20(26-25-19)31-16(3)21(29)17-7-9-18(10-8-17)24-22(30)23(4,5)6/h7-13,16H,1-6H3,(H,24,30). The number of Topliss-reactive ketones (excluding diaryl/α,β-unsaturated/α-hetero) is 1. The number of hydrogen-bond acceptors (Lipinski definition) is 6. The zero-order valence-electron chi connectivity index (χ0n) is 18.6. The molecule has 0 aliphatic rings. The van der Waals surface area contributed by atoms with Gasteiger partial charge in [-0.15, -0.1) is 10.2 Å². The molecule has 162 valence electrons. The van der Waals surface area contributed by atoms with E-state index in [-0.39, 0.29) is 16.9 Å². The summed E-state index contributed by atoms with van der Waals surface area (Å²) in [5.41, 5.74) is 2.67. The Kier molecular flexibility index (Phi) is 6.59. The summed E-state index contributed by atoms with van der Waals surface area (Å²) in [6, 6.07) is 12.6. The summed E-state index contributed by atoms with van der Waals surface area (Å²) < 4.78 is 1.74. The van der Waals surface area contributed by atoms with Crippen molar-refractivity contribution in [3.05, 3.63) is 59.4 Å². The van der Waals surface area contributed by atoms with Crippen LogP contribution in [0.4, 0.5) is 5.69 Å². The van der Waals surface area contributed by atoms with E-state index in [9.17, 15) is 9.59 Å². The van der Waals surface area contributed by atoms with Crippen LogP contribution in [-0.4, -0.2) is 36.9 Å². The quantitative estimate of drug-likeness (QED) is 0.447. The molecule has 7 nitrogen and oxygen atoms in total. The van der Waals surface area contributed by atoms with Crippen LogP contribution in [0.2, 0.25) is 0 Å². The molecule has 1 amide bonds. The number of ketones is 1. The van der Waals surface area contributed by atoms with Crippen molar-refractivity contribution in [2.24, 2.45) is 5.41 Å². The van der Waals surface area contributed by atoms with Gasteiger partial charge in [-0.05, 0) is 63.2 Å². The first kappa shape index (κ1) is 22.7. The van der Waals surface area contributed by atoms with Crippen molar-refractivity contribution in [3.63, 3.8) is 0 Å². The van der Waals surface area contributed by atoms with Gasteiger partial charge < -0.3 is 5.32 Å². The first-order valence-electron chi connectivity index (χ1n) is 10.0. The van der Waals surface area contributed by atoms with Crippen LogP contribution in [0.5, 0.6) is 0 Å². The molecule has 0 aliphatic heterocycles. The zero-order chi connectivity index (χ0) is 22.8. The third-order valence-electron chi connectivity index (χ3n) is 4.63. The third-order valence-corrected chi connectivity index (χ3v) is 5.65. The minimum atomic E-state index is -0.481. The molecule has 0 saturated carbocycles. The summed E-state index contributed by atoms with van der Waals surface area (Å²) in [5.74, 6) is 0.558. The van der Waals surface area contributed by atoms with E-state index in [1.54, 1.807) is 28.9 Å². The number of aryl methyl sites for hydroxylation is 2. The summed E-state index contributed by atoms with van der Waals surface area (Å²) in [7, 11) is 0. The Morgan fingerprint density at radius 2 is 1.71 bits per heavy atom. The van der Waals surface area contributed by atoms with Gasteiger partial charge in [0.15, 0.2) is 11.6 Å². The van der Waals surface area contributed by atoms with Gasteiger partial charge >= 0.3 is 0 Å². The zero-order valence-corrected chi connectivity index (χ0v) is 19.4. The predicted octanol–water partition coefficient (Wildman–Crippen LogP) is 4.63. The number of anilines is 1. The number of rotatable bonds is 6.